The van der Waals surface area contributed by atoms with Gasteiger partial charge in [0.25, 0.3) is 5.56 Å². The predicted octanol–water partition coefficient (Wildman–Crippen LogP) is 6.38. The third-order valence-corrected chi connectivity index (χ3v) is 9.46. The second-order valence-electron chi connectivity index (χ2n) is 9.74. The minimum Gasteiger partial charge on any atom is -0.496 e. The number of rotatable bonds is 10. The monoisotopic (exact) mass is 820 g/mol. The summed E-state index contributed by atoms with van der Waals surface area (Å²) in [5, 5.41) is 0. The van der Waals surface area contributed by atoms with Crippen LogP contribution in [0, 0.1) is 7.14 Å². The Bertz CT molecular complexity index is 1840. The molecule has 0 aliphatic carbocycles. The van der Waals surface area contributed by atoms with Crippen LogP contribution in [0.1, 0.15) is 49.4 Å². The fourth-order valence-electron chi connectivity index (χ4n) is 4.99. The number of halogens is 2. The van der Waals surface area contributed by atoms with Gasteiger partial charge < -0.3 is 14.2 Å². The topological polar surface area (TPSA) is 79.1 Å². The van der Waals surface area contributed by atoms with Crippen LogP contribution in [-0.4, -0.2) is 24.3 Å². The van der Waals surface area contributed by atoms with Gasteiger partial charge >= 0.3 is 5.97 Å². The smallest absolute Gasteiger partial charge is 0.338 e. The van der Waals surface area contributed by atoms with Crippen LogP contribution in [0.3, 0.4) is 0 Å². The SMILES string of the molecule is CCCC1=C(C(=O)OCC)C(c2ccccc2OC)n2c(s/c(=C\c3cc(I)c(OCc4ccccc4)c(I)c3)c2=O)=N1. The second kappa shape index (κ2) is 14.2. The molecule has 1 aliphatic rings. The molecule has 0 saturated heterocycles. The first kappa shape index (κ1) is 31.5. The molecule has 1 aliphatic heterocycles. The summed E-state index contributed by atoms with van der Waals surface area (Å²) in [7, 11) is 1.58. The summed E-state index contributed by atoms with van der Waals surface area (Å²) >= 11 is 5.85. The zero-order valence-corrected chi connectivity index (χ0v) is 29.1. The molecule has 0 spiro atoms. The van der Waals surface area contributed by atoms with E-state index in [9.17, 15) is 9.59 Å². The van der Waals surface area contributed by atoms with Gasteiger partial charge in [0.05, 0.1) is 36.7 Å². The molecule has 222 valence electrons. The maximum atomic E-state index is 14.1. The van der Waals surface area contributed by atoms with E-state index in [0.29, 0.717) is 44.9 Å². The van der Waals surface area contributed by atoms with Crippen molar-refractivity contribution in [3.05, 3.63) is 122 Å². The molecular weight excluding hydrogens is 790 g/mol. The fourth-order valence-corrected chi connectivity index (χ4v) is 8.14. The number of allylic oxidation sites excluding steroid dienone is 1. The van der Waals surface area contributed by atoms with Crippen molar-refractivity contribution >= 4 is 68.6 Å². The third-order valence-electron chi connectivity index (χ3n) is 6.87. The van der Waals surface area contributed by atoms with Crippen molar-refractivity contribution in [3.63, 3.8) is 0 Å². The van der Waals surface area contributed by atoms with Gasteiger partial charge in [-0.2, -0.15) is 0 Å². The van der Waals surface area contributed by atoms with Gasteiger partial charge in [-0.1, -0.05) is 73.2 Å². The molecule has 1 aromatic heterocycles. The van der Waals surface area contributed by atoms with Crippen molar-refractivity contribution in [2.24, 2.45) is 4.99 Å². The van der Waals surface area contributed by atoms with Crippen LogP contribution in [0.4, 0.5) is 0 Å². The summed E-state index contributed by atoms with van der Waals surface area (Å²) < 4.78 is 21.3. The molecule has 0 saturated carbocycles. The van der Waals surface area contributed by atoms with Crippen LogP contribution in [0.15, 0.2) is 87.8 Å². The fraction of sp³-hybridized carbons (Fsp3) is 0.242. The molecule has 0 fully saturated rings. The summed E-state index contributed by atoms with van der Waals surface area (Å²) in [5.74, 6) is 0.912. The Morgan fingerprint density at radius 3 is 2.42 bits per heavy atom. The molecule has 7 nitrogen and oxygen atoms in total. The van der Waals surface area contributed by atoms with E-state index >= 15 is 0 Å². The van der Waals surface area contributed by atoms with Crippen LogP contribution in [0.25, 0.3) is 6.08 Å². The van der Waals surface area contributed by atoms with E-state index in [1.807, 2.05) is 79.7 Å². The lowest BCUT2D eigenvalue weighted by molar-refractivity contribution is -0.139. The minimum absolute atomic E-state index is 0.215. The number of methoxy groups -OCH3 is 1. The Balaban J connectivity index is 1.63. The molecule has 43 heavy (non-hydrogen) atoms. The number of nitrogens with zero attached hydrogens (tertiary/aromatic N) is 2. The normalized spacial score (nSPS) is 14.7. The number of aromatic nitrogens is 1. The van der Waals surface area contributed by atoms with Crippen molar-refractivity contribution in [3.8, 4) is 11.5 Å². The molecule has 1 atom stereocenters. The standard InChI is InChI=1S/C33H30I2N2O5S/c1-4-11-25-28(32(39)41-5-2)29(22-14-9-10-15-26(22)40-3)37-31(38)27(43-33(37)36-25)18-21-16-23(34)30(24(35)17-21)42-19-20-12-7-6-8-13-20/h6-10,12-18,29H,4-5,11,19H2,1-3H3/b27-18-. The van der Waals surface area contributed by atoms with Crippen molar-refractivity contribution in [2.45, 2.75) is 39.3 Å². The number of fused-ring (bicyclic) bond motifs is 1. The average Bonchev–Trinajstić information content (AvgIpc) is 3.30. The lowest BCUT2D eigenvalue weighted by atomic mass is 9.93. The van der Waals surface area contributed by atoms with Crippen molar-refractivity contribution in [1.82, 2.24) is 4.57 Å². The minimum atomic E-state index is -0.732. The largest absolute Gasteiger partial charge is 0.496 e. The van der Waals surface area contributed by atoms with Gasteiger partial charge in [-0.15, -0.1) is 0 Å². The zero-order valence-electron chi connectivity index (χ0n) is 23.9. The molecule has 3 aromatic carbocycles. The Morgan fingerprint density at radius 1 is 1.05 bits per heavy atom. The lowest BCUT2D eigenvalue weighted by Gasteiger charge is -2.26. The van der Waals surface area contributed by atoms with Crippen molar-refractivity contribution < 1.29 is 19.0 Å². The number of esters is 1. The maximum absolute atomic E-state index is 14.1. The Labute approximate surface area is 281 Å². The predicted molar refractivity (Wildman–Crippen MR) is 185 cm³/mol. The van der Waals surface area contributed by atoms with E-state index in [1.165, 1.54) is 11.3 Å². The second-order valence-corrected chi connectivity index (χ2v) is 13.1. The van der Waals surface area contributed by atoms with Crippen LogP contribution in [0.2, 0.25) is 0 Å². The average molecular weight is 820 g/mol. The molecule has 4 aromatic rings. The first-order valence-electron chi connectivity index (χ1n) is 13.9. The highest BCUT2D eigenvalue weighted by Gasteiger charge is 2.35. The van der Waals surface area contributed by atoms with E-state index in [1.54, 1.807) is 18.6 Å². The lowest BCUT2D eigenvalue weighted by Crippen LogP contribution is -2.40. The number of para-hydroxylation sites is 1. The van der Waals surface area contributed by atoms with Crippen molar-refractivity contribution in [2.75, 3.05) is 13.7 Å². The van der Waals surface area contributed by atoms with Gasteiger partial charge in [-0.25, -0.2) is 9.79 Å². The van der Waals surface area contributed by atoms with Crippen LogP contribution >= 0.6 is 56.5 Å². The molecular formula is C33H30I2N2O5S. The number of carbonyl (C=O) groups is 1. The molecule has 0 amide bonds. The van der Waals surface area contributed by atoms with Crippen LogP contribution in [-0.2, 0) is 16.1 Å². The molecule has 10 heteroatoms. The Kier molecular flexibility index (Phi) is 10.4. The number of hydrogen-bond acceptors (Lipinski definition) is 7. The highest BCUT2D eigenvalue weighted by molar-refractivity contribution is 14.1. The van der Waals surface area contributed by atoms with Gasteiger partial charge in [0.1, 0.15) is 24.1 Å². The number of ether oxygens (including phenoxy) is 3. The maximum Gasteiger partial charge on any atom is 0.338 e. The first-order valence-corrected chi connectivity index (χ1v) is 16.8. The number of thiazole rings is 1. The van der Waals surface area contributed by atoms with E-state index < -0.39 is 12.0 Å². The molecule has 0 N–H and O–H groups in total. The van der Waals surface area contributed by atoms with E-state index in [2.05, 4.69) is 45.2 Å². The molecule has 0 radical (unpaired) electrons. The van der Waals surface area contributed by atoms with Crippen LogP contribution < -0.4 is 24.4 Å². The van der Waals surface area contributed by atoms with Gasteiger partial charge in [0, 0.05) is 5.56 Å². The molecule has 0 bridgehead atoms. The van der Waals surface area contributed by atoms with Gasteiger partial charge in [-0.3, -0.25) is 9.36 Å². The highest BCUT2D eigenvalue weighted by atomic mass is 127. The summed E-state index contributed by atoms with van der Waals surface area (Å²) in [4.78, 5) is 32.9. The molecule has 5 rings (SSSR count). The Morgan fingerprint density at radius 2 is 1.74 bits per heavy atom. The summed E-state index contributed by atoms with van der Waals surface area (Å²) in [5.41, 5.74) is 3.44. The number of hydrogen-bond donors (Lipinski definition) is 0. The van der Waals surface area contributed by atoms with E-state index in [0.717, 1.165) is 30.4 Å². The van der Waals surface area contributed by atoms with E-state index in [4.69, 9.17) is 19.2 Å². The number of carbonyl (C=O) groups excluding carboxylic acids is 1. The zero-order chi connectivity index (χ0) is 30.5. The number of benzene rings is 3. The van der Waals surface area contributed by atoms with Crippen molar-refractivity contribution in [1.29, 1.82) is 0 Å². The van der Waals surface area contributed by atoms with Gasteiger partial charge in [0.2, 0.25) is 0 Å². The van der Waals surface area contributed by atoms with E-state index in [-0.39, 0.29) is 12.2 Å². The molecule has 1 unspecified atom stereocenters. The highest BCUT2D eigenvalue weighted by Crippen LogP contribution is 2.37. The summed E-state index contributed by atoms with van der Waals surface area (Å²) in [6.45, 7) is 4.49. The third kappa shape index (κ3) is 6.75. The van der Waals surface area contributed by atoms with Gasteiger partial charge in [-0.05, 0) is 93.9 Å². The molecule has 2 heterocycles. The quantitative estimate of drug-likeness (QED) is 0.137. The summed E-state index contributed by atoms with van der Waals surface area (Å²) in [6, 6.07) is 20.8. The summed E-state index contributed by atoms with van der Waals surface area (Å²) in [6.07, 6.45) is 3.23. The van der Waals surface area contributed by atoms with Gasteiger partial charge in [0.15, 0.2) is 4.80 Å². The van der Waals surface area contributed by atoms with Crippen LogP contribution in [0.5, 0.6) is 11.5 Å². The first-order chi connectivity index (χ1) is 20.9. The Hall–Kier alpha value is -2.97.